The maximum absolute atomic E-state index is 11.8. The molecular weight excluding hydrogens is 284 g/mol. The van der Waals surface area contributed by atoms with Crippen LogP contribution in [0.1, 0.15) is 25.2 Å². The average Bonchev–Trinajstić information content (AvgIpc) is 3.23. The molecule has 1 atom stereocenters. The van der Waals surface area contributed by atoms with Gasteiger partial charge in [-0.15, -0.1) is 0 Å². The Hall–Kier alpha value is -2.28. The first kappa shape index (κ1) is 14.6. The van der Waals surface area contributed by atoms with Gasteiger partial charge in [-0.25, -0.2) is 0 Å². The lowest BCUT2D eigenvalue weighted by Gasteiger charge is -2.09. The average molecular weight is 302 g/mol. The summed E-state index contributed by atoms with van der Waals surface area (Å²) in [6.07, 6.45) is 6.33. The summed E-state index contributed by atoms with van der Waals surface area (Å²) in [7, 11) is 0. The van der Waals surface area contributed by atoms with Gasteiger partial charge in [0.2, 0.25) is 17.6 Å². The van der Waals surface area contributed by atoms with Crippen molar-refractivity contribution in [1.29, 1.82) is 0 Å². The largest absolute Gasteiger partial charge is 0.376 e. The van der Waals surface area contributed by atoms with Crippen LogP contribution in [0.2, 0.25) is 0 Å². The van der Waals surface area contributed by atoms with E-state index in [1.807, 2.05) is 12.1 Å². The van der Waals surface area contributed by atoms with Crippen LogP contribution in [0.3, 0.4) is 0 Å². The third-order valence-electron chi connectivity index (χ3n) is 3.50. The zero-order valence-electron chi connectivity index (χ0n) is 12.2. The Morgan fingerprint density at radius 3 is 3.18 bits per heavy atom. The van der Waals surface area contributed by atoms with Crippen molar-refractivity contribution in [3.05, 3.63) is 30.4 Å². The minimum Gasteiger partial charge on any atom is -0.376 e. The van der Waals surface area contributed by atoms with E-state index in [1.54, 1.807) is 12.4 Å². The van der Waals surface area contributed by atoms with Gasteiger partial charge in [-0.2, -0.15) is 4.98 Å². The van der Waals surface area contributed by atoms with Gasteiger partial charge in [0.05, 0.1) is 6.10 Å². The summed E-state index contributed by atoms with van der Waals surface area (Å²) in [5, 5.41) is 6.77. The first-order chi connectivity index (χ1) is 10.8. The molecule has 22 heavy (non-hydrogen) atoms. The van der Waals surface area contributed by atoms with E-state index < -0.39 is 0 Å². The molecule has 1 saturated heterocycles. The first-order valence-electron chi connectivity index (χ1n) is 7.42. The van der Waals surface area contributed by atoms with Gasteiger partial charge in [-0.3, -0.25) is 9.78 Å². The van der Waals surface area contributed by atoms with Crippen molar-refractivity contribution in [3.8, 4) is 11.4 Å². The fourth-order valence-corrected chi connectivity index (χ4v) is 2.31. The Morgan fingerprint density at radius 1 is 1.45 bits per heavy atom. The van der Waals surface area contributed by atoms with Crippen LogP contribution < -0.4 is 5.32 Å². The first-order valence-corrected chi connectivity index (χ1v) is 7.42. The molecule has 7 heteroatoms. The molecule has 0 aromatic carbocycles. The molecule has 3 rings (SSSR count). The van der Waals surface area contributed by atoms with Gasteiger partial charge in [0.25, 0.3) is 0 Å². The topological polar surface area (TPSA) is 90.1 Å². The van der Waals surface area contributed by atoms with E-state index in [0.29, 0.717) is 31.1 Å². The summed E-state index contributed by atoms with van der Waals surface area (Å²) in [6, 6.07) is 3.67. The summed E-state index contributed by atoms with van der Waals surface area (Å²) >= 11 is 0. The van der Waals surface area contributed by atoms with Crippen molar-refractivity contribution >= 4 is 5.91 Å². The number of carbonyl (C=O) groups is 1. The van der Waals surface area contributed by atoms with Crippen LogP contribution in [-0.2, 0) is 16.0 Å². The van der Waals surface area contributed by atoms with E-state index >= 15 is 0 Å². The van der Waals surface area contributed by atoms with Gasteiger partial charge < -0.3 is 14.6 Å². The molecule has 3 heterocycles. The highest BCUT2D eigenvalue weighted by Crippen LogP contribution is 2.14. The van der Waals surface area contributed by atoms with Gasteiger partial charge in [0.1, 0.15) is 0 Å². The number of carbonyl (C=O) groups excluding carboxylic acids is 1. The van der Waals surface area contributed by atoms with Crippen LogP contribution in [0.5, 0.6) is 0 Å². The van der Waals surface area contributed by atoms with Crippen LogP contribution >= 0.6 is 0 Å². The Bertz CT molecular complexity index is 608. The Kier molecular flexibility index (Phi) is 4.75. The lowest BCUT2D eigenvalue weighted by Crippen LogP contribution is -2.31. The second-order valence-electron chi connectivity index (χ2n) is 5.19. The van der Waals surface area contributed by atoms with Crippen molar-refractivity contribution in [3.63, 3.8) is 0 Å². The van der Waals surface area contributed by atoms with Crippen molar-refractivity contribution in [2.75, 3.05) is 13.2 Å². The van der Waals surface area contributed by atoms with E-state index in [-0.39, 0.29) is 12.0 Å². The monoisotopic (exact) mass is 302 g/mol. The van der Waals surface area contributed by atoms with Crippen molar-refractivity contribution in [1.82, 2.24) is 20.4 Å². The number of nitrogens with zero attached hydrogens (tertiary/aromatic N) is 3. The lowest BCUT2D eigenvalue weighted by molar-refractivity contribution is -0.121. The number of rotatable bonds is 6. The second-order valence-corrected chi connectivity index (χ2v) is 5.19. The van der Waals surface area contributed by atoms with E-state index in [1.165, 1.54) is 0 Å². The van der Waals surface area contributed by atoms with Crippen molar-refractivity contribution in [2.45, 2.75) is 31.8 Å². The number of hydrogen-bond acceptors (Lipinski definition) is 6. The molecule has 0 unspecified atom stereocenters. The van der Waals surface area contributed by atoms with E-state index in [9.17, 15) is 4.79 Å². The smallest absolute Gasteiger partial charge is 0.227 e. The molecule has 0 bridgehead atoms. The minimum atomic E-state index is -0.0309. The summed E-state index contributed by atoms with van der Waals surface area (Å²) in [5.41, 5.74) is 0.792. The number of nitrogens with one attached hydrogen (secondary N) is 1. The van der Waals surface area contributed by atoms with Crippen LogP contribution in [0, 0.1) is 0 Å². The molecule has 0 aliphatic carbocycles. The van der Waals surface area contributed by atoms with Crippen molar-refractivity contribution in [2.24, 2.45) is 0 Å². The van der Waals surface area contributed by atoms with Gasteiger partial charge >= 0.3 is 0 Å². The van der Waals surface area contributed by atoms with Crippen LogP contribution in [0.25, 0.3) is 11.4 Å². The number of amides is 1. The molecule has 2 aromatic heterocycles. The SMILES string of the molecule is O=C(CCc1nc(-c2cccnc2)no1)NC[C@H]1CCCO1. The van der Waals surface area contributed by atoms with Gasteiger partial charge in [0, 0.05) is 44.0 Å². The highest BCUT2D eigenvalue weighted by molar-refractivity contribution is 5.76. The lowest BCUT2D eigenvalue weighted by atomic mass is 10.2. The predicted octanol–water partition coefficient (Wildman–Crippen LogP) is 1.36. The van der Waals surface area contributed by atoms with E-state index in [0.717, 1.165) is 25.0 Å². The quantitative estimate of drug-likeness (QED) is 0.866. The van der Waals surface area contributed by atoms with E-state index in [4.69, 9.17) is 9.26 Å². The maximum atomic E-state index is 11.8. The number of hydrogen-bond donors (Lipinski definition) is 1. The van der Waals surface area contributed by atoms with Gasteiger partial charge in [0.15, 0.2) is 0 Å². The molecule has 1 fully saturated rings. The molecule has 7 nitrogen and oxygen atoms in total. The summed E-state index contributed by atoms with van der Waals surface area (Å²) in [5.74, 6) is 0.908. The number of aromatic nitrogens is 3. The summed E-state index contributed by atoms with van der Waals surface area (Å²) < 4.78 is 10.6. The third kappa shape index (κ3) is 3.88. The number of aryl methyl sites for hydroxylation is 1. The molecule has 116 valence electrons. The Balaban J connectivity index is 1.45. The normalized spacial score (nSPS) is 17.5. The standard InChI is InChI=1S/C15H18N4O3/c20-13(17-10-12-4-2-8-21-12)5-6-14-18-15(19-22-14)11-3-1-7-16-9-11/h1,3,7,9,12H,2,4-6,8,10H2,(H,17,20)/t12-/m1/s1. The Morgan fingerprint density at radius 2 is 2.41 bits per heavy atom. The van der Waals surface area contributed by atoms with Gasteiger partial charge in [-0.05, 0) is 25.0 Å². The van der Waals surface area contributed by atoms with Gasteiger partial charge in [-0.1, -0.05) is 5.16 Å². The maximum Gasteiger partial charge on any atom is 0.227 e. The highest BCUT2D eigenvalue weighted by atomic mass is 16.5. The number of ether oxygens (including phenoxy) is 1. The number of pyridine rings is 1. The third-order valence-corrected chi connectivity index (χ3v) is 3.50. The Labute approximate surface area is 128 Å². The molecule has 0 saturated carbocycles. The molecule has 0 spiro atoms. The van der Waals surface area contributed by atoms with Crippen LogP contribution in [0.15, 0.2) is 29.0 Å². The second kappa shape index (κ2) is 7.13. The summed E-state index contributed by atoms with van der Waals surface area (Å²) in [4.78, 5) is 20.1. The van der Waals surface area contributed by atoms with Crippen LogP contribution in [0.4, 0.5) is 0 Å². The van der Waals surface area contributed by atoms with Crippen molar-refractivity contribution < 1.29 is 14.1 Å². The predicted molar refractivity (Wildman–Crippen MR) is 77.8 cm³/mol. The molecule has 1 N–H and O–H groups in total. The fourth-order valence-electron chi connectivity index (χ4n) is 2.31. The molecular formula is C15H18N4O3. The van der Waals surface area contributed by atoms with Crippen LogP contribution in [-0.4, -0.2) is 40.3 Å². The molecule has 0 radical (unpaired) electrons. The molecule has 2 aromatic rings. The molecule has 1 aliphatic rings. The fraction of sp³-hybridized carbons (Fsp3) is 0.467. The zero-order chi connectivity index (χ0) is 15.2. The minimum absolute atomic E-state index is 0.0309. The summed E-state index contributed by atoms with van der Waals surface area (Å²) in [6.45, 7) is 1.36. The molecule has 1 aliphatic heterocycles. The van der Waals surface area contributed by atoms with E-state index in [2.05, 4.69) is 20.4 Å². The highest BCUT2D eigenvalue weighted by Gasteiger charge is 2.16. The molecule has 1 amide bonds. The zero-order valence-corrected chi connectivity index (χ0v) is 12.2.